The van der Waals surface area contributed by atoms with Crippen LogP contribution in [0.5, 0.6) is 0 Å². The number of rotatable bonds is 7. The van der Waals surface area contributed by atoms with Gasteiger partial charge in [-0.2, -0.15) is 0 Å². The van der Waals surface area contributed by atoms with E-state index in [1.54, 1.807) is 0 Å². The lowest BCUT2D eigenvalue weighted by Gasteiger charge is -2.34. The van der Waals surface area contributed by atoms with Crippen LogP contribution in [0.4, 0.5) is 0 Å². The van der Waals surface area contributed by atoms with Gasteiger partial charge in [0.25, 0.3) is 12.4 Å². The molecule has 1 amide bonds. The number of aromatic nitrogens is 2. The van der Waals surface area contributed by atoms with Gasteiger partial charge in [0.05, 0.1) is 11.3 Å². The van der Waals surface area contributed by atoms with Crippen LogP contribution in [-0.2, 0) is 21.5 Å². The minimum Gasteiger partial charge on any atom is -0.464 e. The minimum atomic E-state index is -0.191. The minimum absolute atomic E-state index is 0.0354. The number of hydrogen-bond donors (Lipinski definition) is 1. The summed E-state index contributed by atoms with van der Waals surface area (Å²) in [6.45, 7) is 11.6. The summed E-state index contributed by atoms with van der Waals surface area (Å²) in [6.07, 6.45) is 7.55. The molecule has 4 rings (SSSR count). The molecule has 33 heavy (non-hydrogen) atoms. The number of nitrogens with one attached hydrogen (secondary N) is 1. The van der Waals surface area contributed by atoms with E-state index in [0.29, 0.717) is 36.7 Å². The maximum absolute atomic E-state index is 13.2. The highest BCUT2D eigenvalue weighted by molar-refractivity contribution is 5.97. The van der Waals surface area contributed by atoms with Gasteiger partial charge in [0, 0.05) is 36.5 Å². The third kappa shape index (κ3) is 5.02. The van der Waals surface area contributed by atoms with Gasteiger partial charge in [0.2, 0.25) is 0 Å². The monoisotopic (exact) mass is 455 g/mol. The van der Waals surface area contributed by atoms with Crippen LogP contribution in [0.1, 0.15) is 93.4 Å². The molecule has 0 atom stereocenters. The van der Waals surface area contributed by atoms with E-state index in [1.165, 1.54) is 32.1 Å². The van der Waals surface area contributed by atoms with Gasteiger partial charge in [-0.05, 0) is 38.7 Å². The second-order valence-corrected chi connectivity index (χ2v) is 10.8. The largest absolute Gasteiger partial charge is 0.464 e. The quantitative estimate of drug-likeness (QED) is 0.589. The van der Waals surface area contributed by atoms with Crippen molar-refractivity contribution in [3.8, 4) is 11.4 Å². The molecule has 2 heterocycles. The van der Waals surface area contributed by atoms with Crippen LogP contribution in [0.3, 0.4) is 0 Å². The molecule has 0 aliphatic heterocycles. The zero-order valence-corrected chi connectivity index (χ0v) is 20.6. The molecule has 180 valence electrons. The lowest BCUT2D eigenvalue weighted by atomic mass is 9.89. The van der Waals surface area contributed by atoms with Crippen molar-refractivity contribution >= 4 is 12.4 Å². The smallest absolute Gasteiger partial charge is 0.293 e. The zero-order valence-electron chi connectivity index (χ0n) is 20.6. The van der Waals surface area contributed by atoms with Crippen molar-refractivity contribution in [3.05, 3.63) is 29.0 Å². The van der Waals surface area contributed by atoms with Gasteiger partial charge in [0.15, 0.2) is 5.89 Å². The normalized spacial score (nSPS) is 21.5. The van der Waals surface area contributed by atoms with Gasteiger partial charge in [-0.25, -0.2) is 4.98 Å². The van der Waals surface area contributed by atoms with Crippen molar-refractivity contribution in [2.75, 3.05) is 0 Å². The van der Waals surface area contributed by atoms with Crippen LogP contribution in [0.25, 0.3) is 11.4 Å². The van der Waals surface area contributed by atoms with E-state index in [-0.39, 0.29) is 23.5 Å². The van der Waals surface area contributed by atoms with Crippen molar-refractivity contribution in [1.29, 1.82) is 0 Å². The number of oxazole rings is 1. The van der Waals surface area contributed by atoms with E-state index in [2.05, 4.69) is 30.7 Å². The summed E-state index contributed by atoms with van der Waals surface area (Å²) >= 11 is 0. The average Bonchev–Trinajstić information content (AvgIpc) is 3.27. The van der Waals surface area contributed by atoms with E-state index in [1.807, 2.05) is 19.9 Å². The maximum Gasteiger partial charge on any atom is 0.293 e. The fourth-order valence-corrected chi connectivity index (χ4v) is 5.03. The highest BCUT2D eigenvalue weighted by Gasteiger charge is 2.33. The average molecular weight is 456 g/mol. The Labute approximate surface area is 196 Å². The van der Waals surface area contributed by atoms with Crippen LogP contribution in [-0.4, -0.2) is 34.1 Å². The third-order valence-corrected chi connectivity index (χ3v) is 7.14. The van der Waals surface area contributed by atoms with Crippen molar-refractivity contribution in [1.82, 2.24) is 14.9 Å². The van der Waals surface area contributed by atoms with E-state index in [9.17, 15) is 9.59 Å². The third-order valence-electron chi connectivity index (χ3n) is 7.14. The molecule has 2 saturated carbocycles. The van der Waals surface area contributed by atoms with Crippen LogP contribution in [0.15, 0.2) is 10.5 Å². The summed E-state index contributed by atoms with van der Waals surface area (Å²) in [4.78, 5) is 28.6. The summed E-state index contributed by atoms with van der Waals surface area (Å²) in [7, 11) is 0. The lowest BCUT2D eigenvalue weighted by Crippen LogP contribution is -2.47. The molecule has 0 aromatic carbocycles. The molecule has 2 aliphatic rings. The maximum atomic E-state index is 13.2. The highest BCUT2D eigenvalue weighted by atomic mass is 16.5. The van der Waals surface area contributed by atoms with Gasteiger partial charge in [-0.1, -0.05) is 40.0 Å². The Morgan fingerprint density at radius 3 is 2.55 bits per heavy atom. The van der Waals surface area contributed by atoms with Crippen LogP contribution < -0.4 is 5.32 Å². The molecule has 7 heteroatoms. The Hall–Kier alpha value is -2.57. The van der Waals surface area contributed by atoms with Crippen LogP contribution in [0.2, 0.25) is 0 Å². The Bertz CT molecular complexity index is 1000. The Morgan fingerprint density at radius 1 is 1.24 bits per heavy atom. The van der Waals surface area contributed by atoms with Gasteiger partial charge < -0.3 is 19.0 Å². The molecule has 0 saturated heterocycles. The first kappa shape index (κ1) is 23.6. The standard InChI is InChI=1S/C26H37N3O4/c1-16-21(24(31)27-19-11-20(12-19)32-15-30)13-22(29(16)14-18-9-7-6-8-10-18)23-17(2)33-25(28-23)26(3,4)5/h13,15,18-20H,6-12,14H2,1-5H3,(H,27,31)/t19-,20-. The second-order valence-electron chi connectivity index (χ2n) is 10.8. The summed E-state index contributed by atoms with van der Waals surface area (Å²) in [5.74, 6) is 2.02. The number of ether oxygens (including phenoxy) is 1. The second kappa shape index (κ2) is 9.35. The molecule has 2 fully saturated rings. The number of carbonyl (C=O) groups is 2. The Kier molecular flexibility index (Phi) is 6.68. The van der Waals surface area contributed by atoms with Crippen LogP contribution >= 0.6 is 0 Å². The molecule has 0 bridgehead atoms. The van der Waals surface area contributed by atoms with Gasteiger partial charge in [0.1, 0.15) is 17.6 Å². The molecule has 2 aliphatic carbocycles. The number of carbonyl (C=O) groups excluding carboxylic acids is 2. The van der Waals surface area contributed by atoms with Gasteiger partial charge in [-0.15, -0.1) is 0 Å². The fraction of sp³-hybridized carbons (Fsp3) is 0.654. The zero-order chi connectivity index (χ0) is 23.8. The van der Waals surface area contributed by atoms with Crippen LogP contribution in [0, 0.1) is 19.8 Å². The first-order valence-corrected chi connectivity index (χ1v) is 12.3. The van der Waals surface area contributed by atoms with Gasteiger partial charge >= 0.3 is 0 Å². The molecule has 2 aromatic heterocycles. The highest BCUT2D eigenvalue weighted by Crippen LogP contribution is 2.35. The summed E-state index contributed by atoms with van der Waals surface area (Å²) in [5.41, 5.74) is 3.23. The predicted molar refractivity (Wildman–Crippen MR) is 126 cm³/mol. The summed E-state index contributed by atoms with van der Waals surface area (Å²) in [5, 5.41) is 3.11. The van der Waals surface area contributed by atoms with Crippen molar-refractivity contribution in [2.24, 2.45) is 5.92 Å². The molecule has 2 aromatic rings. The van der Waals surface area contributed by atoms with E-state index < -0.39 is 0 Å². The first-order chi connectivity index (χ1) is 15.7. The van der Waals surface area contributed by atoms with Crippen molar-refractivity contribution in [2.45, 2.75) is 104 Å². The lowest BCUT2D eigenvalue weighted by molar-refractivity contribution is -0.138. The topological polar surface area (TPSA) is 86.4 Å². The molecular weight excluding hydrogens is 418 g/mol. The Balaban J connectivity index is 1.64. The molecular formula is C26H37N3O4. The number of amides is 1. The molecule has 1 N–H and O–H groups in total. The van der Waals surface area contributed by atoms with Crippen molar-refractivity contribution < 1.29 is 18.7 Å². The molecule has 0 unspecified atom stereocenters. The molecule has 0 radical (unpaired) electrons. The van der Waals surface area contributed by atoms with E-state index >= 15 is 0 Å². The SMILES string of the molecule is Cc1oc(C(C)(C)C)nc1-c1cc(C(=O)N[C@H]2C[C@H](OC=O)C2)c(C)n1CC1CCCCC1. The van der Waals surface area contributed by atoms with Crippen molar-refractivity contribution in [3.63, 3.8) is 0 Å². The summed E-state index contributed by atoms with van der Waals surface area (Å²) in [6, 6.07) is 2.01. The first-order valence-electron chi connectivity index (χ1n) is 12.3. The molecule has 7 nitrogen and oxygen atoms in total. The number of aryl methyl sites for hydroxylation is 1. The number of nitrogens with zero attached hydrogens (tertiary/aromatic N) is 2. The fourth-order valence-electron chi connectivity index (χ4n) is 5.03. The van der Waals surface area contributed by atoms with Gasteiger partial charge in [-0.3, -0.25) is 9.59 Å². The Morgan fingerprint density at radius 2 is 1.94 bits per heavy atom. The van der Waals surface area contributed by atoms with E-state index in [0.717, 1.165) is 29.4 Å². The van der Waals surface area contributed by atoms with E-state index in [4.69, 9.17) is 14.1 Å². The predicted octanol–water partition coefficient (Wildman–Crippen LogP) is 5.07. The molecule has 0 spiro atoms. The number of hydrogen-bond acceptors (Lipinski definition) is 5. The summed E-state index contributed by atoms with van der Waals surface area (Å²) < 4.78 is 13.3.